The zero-order valence-corrected chi connectivity index (χ0v) is 14.0. The van der Waals surface area contributed by atoms with Crippen molar-refractivity contribution in [2.45, 2.75) is 12.8 Å². The summed E-state index contributed by atoms with van der Waals surface area (Å²) in [6, 6.07) is 14.7. The molecule has 0 saturated carbocycles. The Hall–Kier alpha value is -2.53. The highest BCUT2D eigenvalue weighted by molar-refractivity contribution is 6.33. The van der Waals surface area contributed by atoms with Crippen LogP contribution in [0, 0.1) is 0 Å². The van der Waals surface area contributed by atoms with Crippen molar-refractivity contribution in [1.82, 2.24) is 5.43 Å². The second-order valence-corrected chi connectivity index (χ2v) is 6.00. The molecule has 0 atom stereocenters. The monoisotopic (exact) mass is 342 g/mol. The predicted molar refractivity (Wildman–Crippen MR) is 99.1 cm³/mol. The van der Waals surface area contributed by atoms with Crippen LogP contribution in [0.1, 0.15) is 18.4 Å². The standard InChI is InChI=1S/C18H19ClN4O/c19-16-5-1-2-6-17(16)21-18(24)22-20-13-14-7-9-15(10-8-14)23-11-3-4-12-23/h1-2,5-10,13H,3-4,11-12H2,(H2,21,22,24)/b20-13+. The van der Waals surface area contributed by atoms with Gasteiger partial charge in [-0.05, 0) is 42.7 Å². The average molecular weight is 343 g/mol. The molecule has 1 heterocycles. The van der Waals surface area contributed by atoms with Gasteiger partial charge in [-0.25, -0.2) is 10.2 Å². The van der Waals surface area contributed by atoms with Crippen LogP contribution >= 0.6 is 11.6 Å². The molecule has 0 aromatic heterocycles. The van der Waals surface area contributed by atoms with Gasteiger partial charge in [0.1, 0.15) is 0 Å². The van der Waals surface area contributed by atoms with Crippen molar-refractivity contribution in [3.05, 3.63) is 59.1 Å². The van der Waals surface area contributed by atoms with Crippen molar-refractivity contribution >= 4 is 35.2 Å². The van der Waals surface area contributed by atoms with Crippen molar-refractivity contribution in [3.8, 4) is 0 Å². The number of amides is 2. The van der Waals surface area contributed by atoms with Gasteiger partial charge < -0.3 is 10.2 Å². The van der Waals surface area contributed by atoms with Crippen molar-refractivity contribution in [1.29, 1.82) is 0 Å². The van der Waals surface area contributed by atoms with E-state index in [2.05, 4.69) is 32.9 Å². The van der Waals surface area contributed by atoms with E-state index in [1.165, 1.54) is 18.5 Å². The summed E-state index contributed by atoms with van der Waals surface area (Å²) in [7, 11) is 0. The molecule has 0 aliphatic carbocycles. The minimum Gasteiger partial charge on any atom is -0.372 e. The number of hydrogen-bond donors (Lipinski definition) is 2. The Morgan fingerprint density at radius 2 is 1.79 bits per heavy atom. The van der Waals surface area contributed by atoms with Gasteiger partial charge in [-0.1, -0.05) is 35.9 Å². The maximum atomic E-state index is 11.8. The quantitative estimate of drug-likeness (QED) is 0.649. The molecular weight excluding hydrogens is 324 g/mol. The molecule has 124 valence electrons. The molecule has 1 aliphatic rings. The SMILES string of the molecule is O=C(N/N=C/c1ccc(N2CCCC2)cc1)Nc1ccccc1Cl. The third kappa shape index (κ3) is 4.26. The summed E-state index contributed by atoms with van der Waals surface area (Å²) in [6.45, 7) is 2.24. The number of anilines is 2. The summed E-state index contributed by atoms with van der Waals surface area (Å²) in [5.41, 5.74) is 5.13. The number of hydrogen-bond acceptors (Lipinski definition) is 3. The van der Waals surface area contributed by atoms with Crippen molar-refractivity contribution in [2.24, 2.45) is 5.10 Å². The molecule has 6 heteroatoms. The van der Waals surface area contributed by atoms with Crippen LogP contribution in [0.25, 0.3) is 0 Å². The first-order valence-electron chi connectivity index (χ1n) is 7.92. The highest BCUT2D eigenvalue weighted by Crippen LogP contribution is 2.20. The lowest BCUT2D eigenvalue weighted by Crippen LogP contribution is -2.24. The Kier molecular flexibility index (Phi) is 5.33. The van der Waals surface area contributed by atoms with Crippen LogP contribution in [0.5, 0.6) is 0 Å². The lowest BCUT2D eigenvalue weighted by molar-refractivity contribution is 0.252. The maximum Gasteiger partial charge on any atom is 0.339 e. The molecular formula is C18H19ClN4O. The molecule has 2 aromatic carbocycles. The number of benzene rings is 2. The molecule has 0 bridgehead atoms. The van der Waals surface area contributed by atoms with Gasteiger partial charge in [0, 0.05) is 18.8 Å². The van der Waals surface area contributed by atoms with E-state index in [1.54, 1.807) is 30.5 Å². The zero-order valence-electron chi connectivity index (χ0n) is 13.2. The number of para-hydroxylation sites is 1. The minimum absolute atomic E-state index is 0.437. The molecule has 24 heavy (non-hydrogen) atoms. The van der Waals surface area contributed by atoms with Gasteiger partial charge in [0.05, 0.1) is 16.9 Å². The number of carbonyl (C=O) groups excluding carboxylic acids is 1. The zero-order chi connectivity index (χ0) is 16.8. The minimum atomic E-state index is -0.437. The fourth-order valence-electron chi connectivity index (χ4n) is 2.62. The van der Waals surface area contributed by atoms with Crippen LogP contribution in [0.2, 0.25) is 5.02 Å². The van der Waals surface area contributed by atoms with E-state index in [1.807, 2.05) is 12.1 Å². The van der Waals surface area contributed by atoms with Gasteiger partial charge in [-0.3, -0.25) is 0 Å². The Balaban J connectivity index is 1.52. The van der Waals surface area contributed by atoms with Crippen LogP contribution in [0.4, 0.5) is 16.2 Å². The van der Waals surface area contributed by atoms with E-state index in [0.717, 1.165) is 18.7 Å². The van der Waals surface area contributed by atoms with E-state index in [0.29, 0.717) is 10.7 Å². The second kappa shape index (κ2) is 7.84. The van der Waals surface area contributed by atoms with Crippen LogP contribution in [-0.2, 0) is 0 Å². The molecule has 1 fully saturated rings. The summed E-state index contributed by atoms with van der Waals surface area (Å²) in [5, 5.41) is 7.07. The van der Waals surface area contributed by atoms with Gasteiger partial charge in [0.25, 0.3) is 0 Å². The van der Waals surface area contributed by atoms with Crippen molar-refractivity contribution in [2.75, 3.05) is 23.3 Å². The molecule has 1 aliphatic heterocycles. The Morgan fingerprint density at radius 3 is 2.50 bits per heavy atom. The smallest absolute Gasteiger partial charge is 0.339 e. The Labute approximate surface area is 146 Å². The van der Waals surface area contributed by atoms with Gasteiger partial charge in [-0.15, -0.1) is 0 Å². The number of urea groups is 1. The number of carbonyl (C=O) groups is 1. The number of nitrogens with one attached hydrogen (secondary N) is 2. The van der Waals surface area contributed by atoms with Gasteiger partial charge >= 0.3 is 6.03 Å². The second-order valence-electron chi connectivity index (χ2n) is 5.59. The van der Waals surface area contributed by atoms with Crippen LogP contribution in [-0.4, -0.2) is 25.3 Å². The van der Waals surface area contributed by atoms with Gasteiger partial charge in [-0.2, -0.15) is 5.10 Å². The molecule has 2 aromatic rings. The molecule has 5 nitrogen and oxygen atoms in total. The first kappa shape index (κ1) is 16.3. The third-order valence-electron chi connectivity index (χ3n) is 3.87. The summed E-state index contributed by atoms with van der Waals surface area (Å²) in [6.07, 6.45) is 4.13. The van der Waals surface area contributed by atoms with E-state index in [9.17, 15) is 4.79 Å². The fraction of sp³-hybridized carbons (Fsp3) is 0.222. The first-order valence-corrected chi connectivity index (χ1v) is 8.30. The Morgan fingerprint density at radius 1 is 1.08 bits per heavy atom. The van der Waals surface area contributed by atoms with E-state index >= 15 is 0 Å². The predicted octanol–water partition coefficient (Wildman–Crippen LogP) is 4.10. The van der Waals surface area contributed by atoms with Crippen LogP contribution in [0.15, 0.2) is 53.6 Å². The van der Waals surface area contributed by atoms with E-state index in [4.69, 9.17) is 11.6 Å². The summed E-state index contributed by atoms with van der Waals surface area (Å²) in [4.78, 5) is 14.2. The number of halogens is 1. The lowest BCUT2D eigenvalue weighted by Gasteiger charge is -2.17. The third-order valence-corrected chi connectivity index (χ3v) is 4.20. The Bertz CT molecular complexity index is 724. The topological polar surface area (TPSA) is 56.7 Å². The normalized spacial score (nSPS) is 14.1. The number of hydrazone groups is 1. The number of nitrogens with zero attached hydrogens (tertiary/aromatic N) is 2. The summed E-state index contributed by atoms with van der Waals surface area (Å²) < 4.78 is 0. The molecule has 0 spiro atoms. The maximum absolute atomic E-state index is 11.8. The lowest BCUT2D eigenvalue weighted by atomic mass is 10.2. The van der Waals surface area contributed by atoms with Gasteiger partial charge in [0.2, 0.25) is 0 Å². The number of rotatable bonds is 4. The molecule has 1 saturated heterocycles. The van der Waals surface area contributed by atoms with Crippen LogP contribution < -0.4 is 15.6 Å². The van der Waals surface area contributed by atoms with E-state index < -0.39 is 6.03 Å². The van der Waals surface area contributed by atoms with E-state index in [-0.39, 0.29) is 0 Å². The molecule has 3 rings (SSSR count). The molecule has 2 N–H and O–H groups in total. The summed E-state index contributed by atoms with van der Waals surface area (Å²) in [5.74, 6) is 0. The van der Waals surface area contributed by atoms with Crippen molar-refractivity contribution in [3.63, 3.8) is 0 Å². The highest BCUT2D eigenvalue weighted by Gasteiger charge is 2.11. The first-order chi connectivity index (χ1) is 11.7. The fourth-order valence-corrected chi connectivity index (χ4v) is 2.81. The average Bonchev–Trinajstić information content (AvgIpc) is 3.12. The molecule has 0 radical (unpaired) electrons. The van der Waals surface area contributed by atoms with Crippen molar-refractivity contribution < 1.29 is 4.79 Å². The highest BCUT2D eigenvalue weighted by atomic mass is 35.5. The van der Waals surface area contributed by atoms with Crippen LogP contribution in [0.3, 0.4) is 0 Å². The molecule has 2 amide bonds. The largest absolute Gasteiger partial charge is 0.372 e. The summed E-state index contributed by atoms with van der Waals surface area (Å²) >= 11 is 5.98. The van der Waals surface area contributed by atoms with Gasteiger partial charge in [0.15, 0.2) is 0 Å². The molecule has 0 unspecified atom stereocenters.